The van der Waals surface area contributed by atoms with Crippen LogP contribution in [0.3, 0.4) is 0 Å². The Labute approximate surface area is 123 Å². The van der Waals surface area contributed by atoms with E-state index in [4.69, 9.17) is 21.6 Å². The molecule has 2 rings (SSSR count). The fourth-order valence-corrected chi connectivity index (χ4v) is 1.78. The van der Waals surface area contributed by atoms with Gasteiger partial charge >= 0.3 is 0 Å². The lowest BCUT2D eigenvalue weighted by Gasteiger charge is -2.08. The molecule has 0 aliphatic heterocycles. The summed E-state index contributed by atoms with van der Waals surface area (Å²) < 4.78 is 5.76. The quantitative estimate of drug-likeness (QED) is 0.634. The number of alkyl halides is 1. The van der Waals surface area contributed by atoms with Gasteiger partial charge in [0.1, 0.15) is 12.4 Å². The predicted molar refractivity (Wildman–Crippen MR) is 79.5 cm³/mol. The van der Waals surface area contributed by atoms with Crippen LogP contribution in [0.25, 0.3) is 0 Å². The molecular formula is C17H12ClNO. The van der Waals surface area contributed by atoms with Crippen LogP contribution in [0.5, 0.6) is 5.75 Å². The van der Waals surface area contributed by atoms with E-state index in [0.29, 0.717) is 23.8 Å². The molecule has 20 heavy (non-hydrogen) atoms. The smallest absolute Gasteiger partial charge is 0.135 e. The minimum absolute atomic E-state index is 0.290. The molecule has 0 unspecified atom stereocenters. The van der Waals surface area contributed by atoms with Crippen LogP contribution in [0.15, 0.2) is 48.5 Å². The first kappa shape index (κ1) is 14.0. The maximum atomic E-state index is 8.87. The van der Waals surface area contributed by atoms with E-state index in [1.807, 2.05) is 42.5 Å². The molecule has 3 heteroatoms. The number of nitriles is 1. The third-order valence-electron chi connectivity index (χ3n) is 2.63. The Bertz CT molecular complexity index is 692. The second kappa shape index (κ2) is 7.24. The number of hydrogen-bond acceptors (Lipinski definition) is 2. The van der Waals surface area contributed by atoms with Gasteiger partial charge in [-0.05, 0) is 29.8 Å². The van der Waals surface area contributed by atoms with Crippen molar-refractivity contribution < 1.29 is 4.74 Å². The Morgan fingerprint density at radius 3 is 2.75 bits per heavy atom. The molecule has 0 N–H and O–H groups in total. The van der Waals surface area contributed by atoms with Crippen LogP contribution in [-0.2, 0) is 6.61 Å². The molecule has 2 aromatic rings. The molecule has 0 bridgehead atoms. The van der Waals surface area contributed by atoms with Gasteiger partial charge in [-0.15, -0.1) is 11.6 Å². The van der Waals surface area contributed by atoms with Gasteiger partial charge in [-0.1, -0.05) is 36.1 Å². The van der Waals surface area contributed by atoms with E-state index in [0.717, 1.165) is 11.1 Å². The first-order chi connectivity index (χ1) is 9.83. The molecule has 98 valence electrons. The summed E-state index contributed by atoms with van der Waals surface area (Å²) in [4.78, 5) is 0. The average molecular weight is 282 g/mol. The lowest BCUT2D eigenvalue weighted by Crippen LogP contribution is -1.97. The monoisotopic (exact) mass is 281 g/mol. The highest BCUT2D eigenvalue weighted by molar-refractivity contribution is 6.19. The molecule has 0 aliphatic rings. The van der Waals surface area contributed by atoms with Gasteiger partial charge in [0.15, 0.2) is 0 Å². The van der Waals surface area contributed by atoms with Crippen molar-refractivity contribution in [2.24, 2.45) is 0 Å². The summed E-state index contributed by atoms with van der Waals surface area (Å²) >= 11 is 5.57. The minimum Gasteiger partial charge on any atom is -0.488 e. The predicted octanol–water partition coefficient (Wildman–Crippen LogP) is 3.73. The summed E-state index contributed by atoms with van der Waals surface area (Å²) in [7, 11) is 0. The topological polar surface area (TPSA) is 33.0 Å². The summed E-state index contributed by atoms with van der Waals surface area (Å²) in [6, 6.07) is 17.0. The number of ether oxygens (including phenoxy) is 1. The Balaban J connectivity index is 2.13. The number of rotatable bonds is 3. The van der Waals surface area contributed by atoms with Crippen molar-refractivity contribution in [3.8, 4) is 23.7 Å². The van der Waals surface area contributed by atoms with Gasteiger partial charge in [-0.25, -0.2) is 0 Å². The van der Waals surface area contributed by atoms with Gasteiger partial charge < -0.3 is 4.74 Å². The number of halogens is 1. The number of para-hydroxylation sites is 1. The van der Waals surface area contributed by atoms with Crippen molar-refractivity contribution in [2.75, 3.05) is 5.88 Å². The third-order valence-corrected chi connectivity index (χ3v) is 2.76. The zero-order chi connectivity index (χ0) is 14.2. The van der Waals surface area contributed by atoms with Gasteiger partial charge in [0.25, 0.3) is 0 Å². The molecule has 0 saturated carbocycles. The fourth-order valence-electron chi connectivity index (χ4n) is 1.72. The second-order valence-electron chi connectivity index (χ2n) is 4.03. The molecule has 0 radical (unpaired) electrons. The van der Waals surface area contributed by atoms with Crippen molar-refractivity contribution in [3.05, 3.63) is 65.2 Å². The highest BCUT2D eigenvalue weighted by Crippen LogP contribution is 2.18. The van der Waals surface area contributed by atoms with Crippen LogP contribution in [0.1, 0.15) is 16.7 Å². The Kier molecular flexibility index (Phi) is 5.07. The van der Waals surface area contributed by atoms with Crippen molar-refractivity contribution in [1.82, 2.24) is 0 Å². The summed E-state index contributed by atoms with van der Waals surface area (Å²) in [6.45, 7) is 0.398. The van der Waals surface area contributed by atoms with Crippen molar-refractivity contribution in [3.63, 3.8) is 0 Å². The zero-order valence-corrected chi connectivity index (χ0v) is 11.5. The number of benzene rings is 2. The van der Waals surface area contributed by atoms with Crippen LogP contribution in [0.4, 0.5) is 0 Å². The second-order valence-corrected chi connectivity index (χ2v) is 4.30. The molecule has 0 aliphatic carbocycles. The van der Waals surface area contributed by atoms with E-state index < -0.39 is 0 Å². The summed E-state index contributed by atoms with van der Waals surface area (Å²) in [5.74, 6) is 6.78. The summed E-state index contributed by atoms with van der Waals surface area (Å²) in [5.41, 5.74) is 2.38. The zero-order valence-electron chi connectivity index (χ0n) is 10.8. The SMILES string of the molecule is N#Cc1cccc(COc2ccccc2C#CCCl)c1. The largest absolute Gasteiger partial charge is 0.488 e. The normalized spacial score (nSPS) is 9.20. The van der Waals surface area contributed by atoms with Gasteiger partial charge in [0.05, 0.1) is 23.1 Å². The first-order valence-corrected chi connectivity index (χ1v) is 6.62. The first-order valence-electron chi connectivity index (χ1n) is 6.09. The van der Waals surface area contributed by atoms with Crippen LogP contribution < -0.4 is 4.74 Å². The minimum atomic E-state index is 0.290. The van der Waals surface area contributed by atoms with Crippen LogP contribution in [0, 0.1) is 23.2 Å². The maximum Gasteiger partial charge on any atom is 0.135 e. The van der Waals surface area contributed by atoms with Crippen molar-refractivity contribution >= 4 is 11.6 Å². The van der Waals surface area contributed by atoms with E-state index in [2.05, 4.69) is 17.9 Å². The Hall–Kier alpha value is -2.42. The third kappa shape index (κ3) is 3.79. The average Bonchev–Trinajstić information content (AvgIpc) is 2.52. The van der Waals surface area contributed by atoms with E-state index in [1.54, 1.807) is 6.07 Å². The molecule has 0 spiro atoms. The van der Waals surface area contributed by atoms with Crippen LogP contribution in [0.2, 0.25) is 0 Å². The molecule has 0 atom stereocenters. The molecule has 0 aromatic heterocycles. The lowest BCUT2D eigenvalue weighted by atomic mass is 10.1. The summed E-state index contributed by atoms with van der Waals surface area (Å²) in [5, 5.41) is 8.87. The van der Waals surface area contributed by atoms with Gasteiger partial charge in [-0.3, -0.25) is 0 Å². The van der Waals surface area contributed by atoms with E-state index in [-0.39, 0.29) is 0 Å². The molecule has 2 nitrogen and oxygen atoms in total. The van der Waals surface area contributed by atoms with Crippen molar-refractivity contribution in [1.29, 1.82) is 5.26 Å². The highest BCUT2D eigenvalue weighted by Gasteiger charge is 2.01. The molecule has 0 heterocycles. The van der Waals surface area contributed by atoms with Crippen LogP contribution in [-0.4, -0.2) is 5.88 Å². The number of hydrogen-bond donors (Lipinski definition) is 0. The number of nitrogens with zero attached hydrogens (tertiary/aromatic N) is 1. The standard InChI is InChI=1S/C17H12ClNO/c18-10-4-8-16-7-1-2-9-17(16)20-13-15-6-3-5-14(11-15)12-19/h1-3,5-7,9,11H,10,13H2. The van der Waals surface area contributed by atoms with Gasteiger partial charge in [-0.2, -0.15) is 5.26 Å². The molecular weight excluding hydrogens is 270 g/mol. The summed E-state index contributed by atoms with van der Waals surface area (Å²) in [6.07, 6.45) is 0. The highest BCUT2D eigenvalue weighted by atomic mass is 35.5. The van der Waals surface area contributed by atoms with E-state index in [1.165, 1.54) is 0 Å². The maximum absolute atomic E-state index is 8.87. The van der Waals surface area contributed by atoms with Gasteiger partial charge in [0, 0.05) is 0 Å². The Morgan fingerprint density at radius 2 is 1.95 bits per heavy atom. The van der Waals surface area contributed by atoms with E-state index in [9.17, 15) is 0 Å². The molecule has 2 aromatic carbocycles. The lowest BCUT2D eigenvalue weighted by molar-refractivity contribution is 0.305. The van der Waals surface area contributed by atoms with Crippen molar-refractivity contribution in [2.45, 2.75) is 6.61 Å². The fraction of sp³-hybridized carbons (Fsp3) is 0.118. The van der Waals surface area contributed by atoms with E-state index >= 15 is 0 Å². The van der Waals surface area contributed by atoms with Crippen LogP contribution >= 0.6 is 11.6 Å². The van der Waals surface area contributed by atoms with Gasteiger partial charge in [0.2, 0.25) is 0 Å². The Morgan fingerprint density at radius 1 is 1.10 bits per heavy atom. The molecule has 0 saturated heterocycles. The molecule has 0 fully saturated rings. The molecule has 0 amide bonds.